The summed E-state index contributed by atoms with van der Waals surface area (Å²) >= 11 is 0. The first kappa shape index (κ1) is 16.5. The van der Waals surface area contributed by atoms with Crippen LogP contribution in [0.4, 0.5) is 0 Å². The lowest BCUT2D eigenvalue weighted by atomic mass is 10.1. The Morgan fingerprint density at radius 3 is 2.52 bits per heavy atom. The van der Waals surface area contributed by atoms with Gasteiger partial charge >= 0.3 is 0 Å². The molecule has 1 aromatic heterocycles. The molecule has 0 aliphatic carbocycles. The highest BCUT2D eigenvalue weighted by molar-refractivity contribution is 7.91. The number of carbonyl (C=O) groups excluding carboxylic acids is 1. The Hall–Kier alpha value is -1.99. The fourth-order valence-electron chi connectivity index (χ4n) is 3.70. The third-order valence-electron chi connectivity index (χ3n) is 5.14. The molecule has 0 N–H and O–H groups in total. The number of aromatic nitrogens is 1. The first-order chi connectivity index (χ1) is 12.0. The summed E-state index contributed by atoms with van der Waals surface area (Å²) in [5.41, 5.74) is 1.29. The second-order valence-corrected chi connectivity index (χ2v) is 9.00. The minimum atomic E-state index is -2.87. The van der Waals surface area contributed by atoms with Gasteiger partial charge in [-0.25, -0.2) is 13.4 Å². The summed E-state index contributed by atoms with van der Waals surface area (Å²) in [7, 11) is -2.87. The van der Waals surface area contributed by atoms with E-state index in [9.17, 15) is 13.2 Å². The van der Waals surface area contributed by atoms with Gasteiger partial charge in [0.25, 0.3) is 5.91 Å². The molecule has 4 rings (SSSR count). The summed E-state index contributed by atoms with van der Waals surface area (Å²) in [5, 5.41) is 1.02. The van der Waals surface area contributed by atoms with Crippen LogP contribution in [0.15, 0.2) is 36.4 Å². The number of fused-ring (bicyclic) bond motifs is 1. The van der Waals surface area contributed by atoms with Crippen molar-refractivity contribution in [3.8, 4) is 0 Å². The van der Waals surface area contributed by atoms with Gasteiger partial charge in [0, 0.05) is 37.6 Å². The van der Waals surface area contributed by atoms with Gasteiger partial charge in [-0.1, -0.05) is 24.3 Å². The molecule has 0 radical (unpaired) electrons. The predicted octanol–water partition coefficient (Wildman–Crippen LogP) is 1.18. The zero-order valence-corrected chi connectivity index (χ0v) is 14.8. The van der Waals surface area contributed by atoms with Gasteiger partial charge in [0.15, 0.2) is 9.84 Å². The smallest absolute Gasteiger partial charge is 0.272 e. The maximum atomic E-state index is 12.7. The van der Waals surface area contributed by atoms with Gasteiger partial charge in [0.2, 0.25) is 0 Å². The molecular weight excluding hydrogens is 338 g/mol. The molecule has 2 aromatic rings. The average Bonchev–Trinajstić information content (AvgIpc) is 3.01. The molecule has 0 bridgehead atoms. The number of benzene rings is 1. The van der Waals surface area contributed by atoms with Crippen LogP contribution in [0.5, 0.6) is 0 Å². The quantitative estimate of drug-likeness (QED) is 0.805. The summed E-state index contributed by atoms with van der Waals surface area (Å²) in [6, 6.07) is 11.6. The van der Waals surface area contributed by atoms with Gasteiger partial charge in [-0.3, -0.25) is 9.69 Å². The lowest BCUT2D eigenvalue weighted by Crippen LogP contribution is -2.52. The maximum Gasteiger partial charge on any atom is 0.272 e. The van der Waals surface area contributed by atoms with Crippen LogP contribution in [-0.2, 0) is 9.84 Å². The van der Waals surface area contributed by atoms with Crippen molar-refractivity contribution in [2.45, 2.75) is 12.5 Å². The number of hydrogen-bond acceptors (Lipinski definition) is 5. The number of amides is 1. The normalized spacial score (nSPS) is 23.8. The number of pyridine rings is 1. The van der Waals surface area contributed by atoms with Crippen LogP contribution < -0.4 is 0 Å². The molecule has 2 fully saturated rings. The van der Waals surface area contributed by atoms with E-state index in [2.05, 4.69) is 9.88 Å². The number of sulfone groups is 1. The minimum absolute atomic E-state index is 0.0514. The van der Waals surface area contributed by atoms with Crippen molar-refractivity contribution in [3.63, 3.8) is 0 Å². The zero-order valence-electron chi connectivity index (χ0n) is 14.0. The summed E-state index contributed by atoms with van der Waals surface area (Å²) in [6.45, 7) is 2.67. The average molecular weight is 359 g/mol. The third-order valence-corrected chi connectivity index (χ3v) is 6.89. The van der Waals surface area contributed by atoms with Gasteiger partial charge in [-0.2, -0.15) is 0 Å². The van der Waals surface area contributed by atoms with E-state index < -0.39 is 9.84 Å². The van der Waals surface area contributed by atoms with Gasteiger partial charge in [-0.15, -0.1) is 0 Å². The largest absolute Gasteiger partial charge is 0.335 e. The van der Waals surface area contributed by atoms with Crippen molar-refractivity contribution >= 4 is 26.6 Å². The third kappa shape index (κ3) is 3.39. The highest BCUT2D eigenvalue weighted by Gasteiger charge is 2.34. The lowest BCUT2D eigenvalue weighted by Gasteiger charge is -2.37. The van der Waals surface area contributed by atoms with E-state index >= 15 is 0 Å². The van der Waals surface area contributed by atoms with Gasteiger partial charge < -0.3 is 4.90 Å². The monoisotopic (exact) mass is 359 g/mol. The van der Waals surface area contributed by atoms with Gasteiger partial charge in [0.1, 0.15) is 5.69 Å². The van der Waals surface area contributed by atoms with E-state index in [-0.39, 0.29) is 23.5 Å². The Morgan fingerprint density at radius 2 is 1.80 bits per heavy atom. The topological polar surface area (TPSA) is 70.6 Å². The number of para-hydroxylation sites is 1. The molecule has 25 heavy (non-hydrogen) atoms. The van der Waals surface area contributed by atoms with E-state index in [4.69, 9.17) is 0 Å². The van der Waals surface area contributed by atoms with E-state index in [1.807, 2.05) is 35.2 Å². The molecule has 7 heteroatoms. The molecule has 2 aliphatic rings. The maximum absolute atomic E-state index is 12.7. The van der Waals surface area contributed by atoms with Crippen LogP contribution in [0.2, 0.25) is 0 Å². The van der Waals surface area contributed by atoms with E-state index in [0.29, 0.717) is 25.2 Å². The summed E-state index contributed by atoms with van der Waals surface area (Å²) in [6.07, 6.45) is 0.711. The van der Waals surface area contributed by atoms with E-state index in [1.54, 1.807) is 6.07 Å². The molecule has 132 valence electrons. The molecule has 1 aromatic carbocycles. The Bertz CT molecular complexity index is 905. The van der Waals surface area contributed by atoms with Crippen molar-refractivity contribution in [2.24, 2.45) is 0 Å². The summed E-state index contributed by atoms with van der Waals surface area (Å²) in [5.74, 6) is 0.495. The fourth-order valence-corrected chi connectivity index (χ4v) is 5.46. The molecule has 0 saturated carbocycles. The molecule has 2 aliphatic heterocycles. The highest BCUT2D eigenvalue weighted by atomic mass is 32.2. The van der Waals surface area contributed by atoms with Crippen LogP contribution in [0.3, 0.4) is 0 Å². The van der Waals surface area contributed by atoms with Crippen molar-refractivity contribution in [1.82, 2.24) is 14.8 Å². The number of rotatable bonds is 2. The van der Waals surface area contributed by atoms with Gasteiger partial charge in [-0.05, 0) is 18.6 Å². The molecule has 6 nitrogen and oxygen atoms in total. The number of piperazine rings is 1. The Balaban J connectivity index is 1.42. The van der Waals surface area contributed by atoms with E-state index in [0.717, 1.165) is 24.0 Å². The van der Waals surface area contributed by atoms with Crippen molar-refractivity contribution in [2.75, 3.05) is 37.7 Å². The lowest BCUT2D eigenvalue weighted by molar-refractivity contribution is 0.0582. The summed E-state index contributed by atoms with van der Waals surface area (Å²) in [4.78, 5) is 21.2. The molecular formula is C18H21N3O3S. The highest BCUT2D eigenvalue weighted by Crippen LogP contribution is 2.20. The SMILES string of the molecule is O=C(c1ccc2ccccc2n1)N1CCN([C@H]2CCS(=O)(=O)C2)CC1. The Morgan fingerprint density at radius 1 is 1.04 bits per heavy atom. The van der Waals surface area contributed by atoms with Crippen LogP contribution in [0, 0.1) is 0 Å². The van der Waals surface area contributed by atoms with Crippen LogP contribution in [0.25, 0.3) is 10.9 Å². The Labute approximate surface area is 147 Å². The fraction of sp³-hybridized carbons (Fsp3) is 0.444. The number of nitrogens with zero attached hydrogens (tertiary/aromatic N) is 3. The van der Waals surface area contributed by atoms with Crippen LogP contribution >= 0.6 is 0 Å². The molecule has 1 atom stereocenters. The van der Waals surface area contributed by atoms with Crippen LogP contribution in [0.1, 0.15) is 16.9 Å². The molecule has 2 saturated heterocycles. The van der Waals surface area contributed by atoms with Crippen molar-refractivity contribution in [3.05, 3.63) is 42.1 Å². The first-order valence-electron chi connectivity index (χ1n) is 8.61. The first-order valence-corrected chi connectivity index (χ1v) is 10.4. The minimum Gasteiger partial charge on any atom is -0.335 e. The second kappa shape index (κ2) is 6.38. The summed E-state index contributed by atoms with van der Waals surface area (Å²) < 4.78 is 23.3. The van der Waals surface area contributed by atoms with Gasteiger partial charge in [0.05, 0.1) is 17.0 Å². The Kier molecular flexibility index (Phi) is 4.21. The number of carbonyl (C=O) groups is 1. The standard InChI is InChI=1S/C18H21N3O3S/c22-18(17-6-5-14-3-1-2-4-16(14)19-17)21-10-8-20(9-11-21)15-7-12-25(23,24)13-15/h1-6,15H,7-13H2/t15-/m0/s1. The van der Waals surface area contributed by atoms with E-state index in [1.165, 1.54) is 0 Å². The van der Waals surface area contributed by atoms with Crippen LogP contribution in [-0.4, -0.2) is 72.8 Å². The zero-order chi connectivity index (χ0) is 17.4. The molecule has 0 unspecified atom stereocenters. The van der Waals surface area contributed by atoms with Crippen molar-refractivity contribution in [1.29, 1.82) is 0 Å². The molecule has 1 amide bonds. The predicted molar refractivity (Wildman–Crippen MR) is 96.3 cm³/mol. The molecule has 3 heterocycles. The second-order valence-electron chi connectivity index (χ2n) is 6.77. The van der Waals surface area contributed by atoms with Crippen molar-refractivity contribution < 1.29 is 13.2 Å². The molecule has 0 spiro atoms. The number of hydrogen-bond donors (Lipinski definition) is 0.